The number of hydrogen-bond acceptors (Lipinski definition) is 2. The fraction of sp³-hybridized carbons (Fsp3) is 0.538. The Morgan fingerprint density at radius 2 is 1.56 bits per heavy atom. The lowest BCUT2D eigenvalue weighted by Gasteiger charge is -2.21. The summed E-state index contributed by atoms with van der Waals surface area (Å²) < 4.78 is 11.1. The Morgan fingerprint density at radius 3 is 2.00 bits per heavy atom. The molecule has 1 rings (SSSR count). The normalized spacial score (nSPS) is 11.2. The lowest BCUT2D eigenvalue weighted by atomic mass is 9.98. The van der Waals surface area contributed by atoms with Crippen LogP contribution in [0.25, 0.3) is 0 Å². The van der Waals surface area contributed by atoms with Gasteiger partial charge < -0.3 is 9.47 Å². The number of halogens is 1. The first kappa shape index (κ1) is 13.4. The van der Waals surface area contributed by atoms with E-state index in [9.17, 15) is 0 Å². The molecule has 1 aromatic carbocycles. The van der Waals surface area contributed by atoms with E-state index in [0.29, 0.717) is 13.2 Å². The molecule has 0 aromatic heterocycles. The van der Waals surface area contributed by atoms with Crippen molar-refractivity contribution in [2.75, 3.05) is 18.5 Å². The van der Waals surface area contributed by atoms with Gasteiger partial charge in [-0.2, -0.15) is 0 Å². The largest absolute Gasteiger partial charge is 0.494 e. The molecule has 0 saturated heterocycles. The minimum atomic E-state index is 0.151. The summed E-state index contributed by atoms with van der Waals surface area (Å²) in [6, 6.07) is 7.74. The molecule has 1 aromatic rings. The maximum atomic E-state index is 5.71. The van der Waals surface area contributed by atoms with Crippen LogP contribution in [0.3, 0.4) is 0 Å². The van der Waals surface area contributed by atoms with Crippen LogP contribution in [0.1, 0.15) is 20.8 Å². The Hall–Kier alpha value is -0.700. The van der Waals surface area contributed by atoms with Crippen LogP contribution in [-0.4, -0.2) is 18.5 Å². The molecular weight excluding hydrogens is 268 g/mol. The highest BCUT2D eigenvalue weighted by molar-refractivity contribution is 9.09. The molecule has 0 atom stereocenters. The molecule has 0 fully saturated rings. The highest BCUT2D eigenvalue weighted by Crippen LogP contribution is 2.22. The molecule has 0 aliphatic heterocycles. The van der Waals surface area contributed by atoms with Crippen molar-refractivity contribution in [3.8, 4) is 11.5 Å². The Balaban J connectivity index is 2.49. The molecule has 2 nitrogen and oxygen atoms in total. The summed E-state index contributed by atoms with van der Waals surface area (Å²) in [5, 5.41) is 0.928. The molecule has 90 valence electrons. The van der Waals surface area contributed by atoms with Gasteiger partial charge in [-0.15, -0.1) is 0 Å². The van der Waals surface area contributed by atoms with Crippen LogP contribution in [0.15, 0.2) is 24.3 Å². The number of benzene rings is 1. The average molecular weight is 287 g/mol. The zero-order chi connectivity index (χ0) is 12.0. The quantitative estimate of drug-likeness (QED) is 0.739. The summed E-state index contributed by atoms with van der Waals surface area (Å²) in [6.07, 6.45) is 0. The fourth-order valence-electron chi connectivity index (χ4n) is 1.12. The Bertz CT molecular complexity index is 306. The standard InChI is InChI=1S/C13H19BrO2/c1-4-15-11-5-7-12(8-6-11)16-10-13(2,3)9-14/h5-8H,4,9-10H2,1-3H3. The predicted molar refractivity (Wildman–Crippen MR) is 70.7 cm³/mol. The van der Waals surface area contributed by atoms with E-state index in [0.717, 1.165) is 16.8 Å². The lowest BCUT2D eigenvalue weighted by Crippen LogP contribution is -2.22. The van der Waals surface area contributed by atoms with Crippen LogP contribution >= 0.6 is 15.9 Å². The summed E-state index contributed by atoms with van der Waals surface area (Å²) in [5.41, 5.74) is 0.151. The third-order valence-corrected chi connectivity index (χ3v) is 3.64. The fourth-order valence-corrected chi connectivity index (χ4v) is 1.28. The molecule has 0 aliphatic carbocycles. The van der Waals surface area contributed by atoms with Gasteiger partial charge in [-0.05, 0) is 31.2 Å². The Kier molecular flexibility index (Phi) is 5.13. The Labute approximate surface area is 106 Å². The van der Waals surface area contributed by atoms with E-state index in [4.69, 9.17) is 9.47 Å². The second kappa shape index (κ2) is 6.14. The third kappa shape index (κ3) is 4.44. The van der Waals surface area contributed by atoms with Gasteiger partial charge in [0.25, 0.3) is 0 Å². The van der Waals surface area contributed by atoms with Crippen LogP contribution in [0.4, 0.5) is 0 Å². The van der Waals surface area contributed by atoms with E-state index in [1.54, 1.807) is 0 Å². The van der Waals surface area contributed by atoms with Crippen molar-refractivity contribution in [3.05, 3.63) is 24.3 Å². The van der Waals surface area contributed by atoms with Crippen molar-refractivity contribution in [2.45, 2.75) is 20.8 Å². The molecule has 0 N–H and O–H groups in total. The van der Waals surface area contributed by atoms with Crippen molar-refractivity contribution in [1.29, 1.82) is 0 Å². The van der Waals surface area contributed by atoms with Crippen molar-refractivity contribution in [1.82, 2.24) is 0 Å². The zero-order valence-electron chi connectivity index (χ0n) is 10.1. The van der Waals surface area contributed by atoms with E-state index in [1.807, 2.05) is 31.2 Å². The minimum Gasteiger partial charge on any atom is -0.494 e. The highest BCUT2D eigenvalue weighted by Gasteiger charge is 2.16. The van der Waals surface area contributed by atoms with Crippen LogP contribution in [-0.2, 0) is 0 Å². The SMILES string of the molecule is CCOc1ccc(OCC(C)(C)CBr)cc1. The smallest absolute Gasteiger partial charge is 0.119 e. The molecule has 16 heavy (non-hydrogen) atoms. The van der Waals surface area contributed by atoms with Crippen molar-refractivity contribution >= 4 is 15.9 Å². The van der Waals surface area contributed by atoms with Gasteiger partial charge in [0, 0.05) is 10.7 Å². The topological polar surface area (TPSA) is 18.5 Å². The summed E-state index contributed by atoms with van der Waals surface area (Å²) in [6.45, 7) is 7.69. The van der Waals surface area contributed by atoms with E-state index in [2.05, 4.69) is 29.8 Å². The molecule has 0 saturated carbocycles. The van der Waals surface area contributed by atoms with Gasteiger partial charge in [0.1, 0.15) is 11.5 Å². The van der Waals surface area contributed by atoms with Gasteiger partial charge in [0.2, 0.25) is 0 Å². The Morgan fingerprint density at radius 1 is 1.06 bits per heavy atom. The highest BCUT2D eigenvalue weighted by atomic mass is 79.9. The minimum absolute atomic E-state index is 0.151. The lowest BCUT2D eigenvalue weighted by molar-refractivity contribution is 0.203. The third-order valence-electron chi connectivity index (χ3n) is 2.13. The summed E-state index contributed by atoms with van der Waals surface area (Å²) in [5.74, 6) is 1.77. The monoisotopic (exact) mass is 286 g/mol. The van der Waals surface area contributed by atoms with E-state index >= 15 is 0 Å². The van der Waals surface area contributed by atoms with Gasteiger partial charge in [0.05, 0.1) is 13.2 Å². The van der Waals surface area contributed by atoms with Crippen LogP contribution in [0.2, 0.25) is 0 Å². The first-order chi connectivity index (χ1) is 7.57. The molecule has 0 heterocycles. The number of rotatable bonds is 6. The van der Waals surface area contributed by atoms with Crippen molar-refractivity contribution in [2.24, 2.45) is 5.41 Å². The van der Waals surface area contributed by atoms with Gasteiger partial charge in [-0.3, -0.25) is 0 Å². The average Bonchev–Trinajstić information content (AvgIpc) is 2.29. The molecule has 0 radical (unpaired) electrons. The van der Waals surface area contributed by atoms with Crippen LogP contribution < -0.4 is 9.47 Å². The number of hydrogen-bond donors (Lipinski definition) is 0. The predicted octanol–water partition coefficient (Wildman–Crippen LogP) is 3.89. The number of ether oxygens (including phenoxy) is 2. The summed E-state index contributed by atoms with van der Waals surface area (Å²) >= 11 is 3.48. The second-order valence-corrected chi connectivity index (χ2v) is 5.05. The zero-order valence-corrected chi connectivity index (χ0v) is 11.7. The molecule has 0 spiro atoms. The molecule has 3 heteroatoms. The molecule has 0 aliphatic rings. The van der Waals surface area contributed by atoms with Crippen LogP contribution in [0, 0.1) is 5.41 Å². The first-order valence-corrected chi connectivity index (χ1v) is 6.61. The van der Waals surface area contributed by atoms with E-state index in [1.165, 1.54) is 0 Å². The van der Waals surface area contributed by atoms with Crippen molar-refractivity contribution < 1.29 is 9.47 Å². The first-order valence-electron chi connectivity index (χ1n) is 5.49. The summed E-state index contributed by atoms with van der Waals surface area (Å²) in [4.78, 5) is 0. The molecule has 0 amide bonds. The maximum absolute atomic E-state index is 5.71. The van der Waals surface area contributed by atoms with Gasteiger partial charge in [-0.25, -0.2) is 0 Å². The van der Waals surface area contributed by atoms with E-state index in [-0.39, 0.29) is 5.41 Å². The van der Waals surface area contributed by atoms with Crippen LogP contribution in [0.5, 0.6) is 11.5 Å². The number of alkyl halides is 1. The molecule has 0 bridgehead atoms. The maximum Gasteiger partial charge on any atom is 0.119 e. The molecular formula is C13H19BrO2. The van der Waals surface area contributed by atoms with E-state index < -0.39 is 0 Å². The second-order valence-electron chi connectivity index (χ2n) is 4.49. The van der Waals surface area contributed by atoms with Gasteiger partial charge in [-0.1, -0.05) is 29.8 Å². The molecule has 0 unspecified atom stereocenters. The van der Waals surface area contributed by atoms with Gasteiger partial charge in [0.15, 0.2) is 0 Å². The summed E-state index contributed by atoms with van der Waals surface area (Å²) in [7, 11) is 0. The van der Waals surface area contributed by atoms with Crippen molar-refractivity contribution in [3.63, 3.8) is 0 Å². The van der Waals surface area contributed by atoms with Gasteiger partial charge >= 0.3 is 0 Å².